The first-order chi connectivity index (χ1) is 4.58. The van der Waals surface area contributed by atoms with Crippen molar-refractivity contribution in [2.75, 3.05) is 12.3 Å². The van der Waals surface area contributed by atoms with Gasteiger partial charge in [0.15, 0.2) is 0 Å². The van der Waals surface area contributed by atoms with Crippen LogP contribution in [0.2, 0.25) is 19.6 Å². The summed E-state index contributed by atoms with van der Waals surface area (Å²) in [5.74, 6) is 1.20. The van der Waals surface area contributed by atoms with Gasteiger partial charge in [0.25, 0.3) is 0 Å². The van der Waals surface area contributed by atoms with Crippen molar-refractivity contribution in [3.8, 4) is 0 Å². The predicted molar refractivity (Wildman–Crippen MR) is 55.7 cm³/mol. The molecule has 10 heavy (non-hydrogen) atoms. The van der Waals surface area contributed by atoms with Gasteiger partial charge in [-0.05, 0) is 0 Å². The summed E-state index contributed by atoms with van der Waals surface area (Å²) in [5, 5.41) is 0. The maximum atomic E-state index is 4.40. The highest BCUT2D eigenvalue weighted by Crippen LogP contribution is 2.29. The molecule has 0 N–H and O–H groups in total. The summed E-state index contributed by atoms with van der Waals surface area (Å²) >= 11 is 3.93. The molecule has 0 aromatic carbocycles. The third-order valence-electron chi connectivity index (χ3n) is 0.951. The Bertz CT molecular complexity index is 150. The first-order valence-corrected chi connectivity index (χ1v) is 9.47. The fraction of sp³-hybridized carbons (Fsp3) is 0.833. The second kappa shape index (κ2) is 3.32. The van der Waals surface area contributed by atoms with Crippen molar-refractivity contribution in [2.45, 2.75) is 19.6 Å². The number of thioether (sulfide) groups is 1. The molecule has 4 heteroatoms. The van der Waals surface area contributed by atoms with Crippen molar-refractivity contribution >= 4 is 34.6 Å². The molecule has 1 nitrogen and oxygen atoms in total. The van der Waals surface area contributed by atoms with Crippen molar-refractivity contribution in [1.29, 1.82) is 0 Å². The smallest absolute Gasteiger partial charge is 0.118 e. The van der Waals surface area contributed by atoms with Crippen LogP contribution in [0.4, 0.5) is 0 Å². The lowest BCUT2D eigenvalue weighted by atomic mass is 10.8. The lowest BCUT2D eigenvalue weighted by molar-refractivity contribution is 1.18. The zero-order valence-electron chi connectivity index (χ0n) is 6.68. The molecule has 0 saturated carbocycles. The topological polar surface area (TPSA) is 12.4 Å². The van der Waals surface area contributed by atoms with Gasteiger partial charge in [0, 0.05) is 5.75 Å². The van der Waals surface area contributed by atoms with Crippen LogP contribution < -0.4 is 0 Å². The van der Waals surface area contributed by atoms with E-state index >= 15 is 0 Å². The Hall–Kier alpha value is 0.587. The standard InChI is InChI=1S/C6H13NS2Si/c1-10(2,3)9-6-7-4-5-8-6/h4-5H2,1-3H3. The van der Waals surface area contributed by atoms with E-state index in [1.54, 1.807) is 0 Å². The third kappa shape index (κ3) is 3.12. The number of hydrogen-bond acceptors (Lipinski definition) is 3. The molecule has 0 bridgehead atoms. The second-order valence-corrected chi connectivity index (χ2v) is 13.7. The number of hydrogen-bond donors (Lipinski definition) is 0. The van der Waals surface area contributed by atoms with E-state index in [9.17, 15) is 0 Å². The molecule has 1 heterocycles. The van der Waals surface area contributed by atoms with Gasteiger partial charge in [-0.3, -0.25) is 4.99 Å². The minimum absolute atomic E-state index is 0.957. The number of rotatable bonds is 1. The molecular weight excluding hydrogens is 178 g/mol. The highest BCUT2D eigenvalue weighted by molar-refractivity contribution is 8.52. The van der Waals surface area contributed by atoms with E-state index in [0.717, 1.165) is 6.54 Å². The molecule has 1 aliphatic rings. The summed E-state index contributed by atoms with van der Waals surface area (Å²) in [6.45, 7) is 8.12. The molecule has 0 unspecified atom stereocenters. The molecule has 0 aliphatic carbocycles. The maximum Gasteiger partial charge on any atom is 0.118 e. The fourth-order valence-corrected chi connectivity index (χ4v) is 6.89. The Labute approximate surface area is 71.7 Å². The normalized spacial score (nSPS) is 19.3. The summed E-state index contributed by atoms with van der Waals surface area (Å²) < 4.78 is 1.33. The molecular formula is C6H13NS2Si. The summed E-state index contributed by atoms with van der Waals surface area (Å²) in [4.78, 5) is 4.40. The zero-order chi connectivity index (χ0) is 7.61. The average Bonchev–Trinajstić information content (AvgIpc) is 2.12. The summed E-state index contributed by atoms with van der Waals surface area (Å²) in [7, 11) is -0.957. The molecule has 1 rings (SSSR count). The van der Waals surface area contributed by atoms with Crippen molar-refractivity contribution < 1.29 is 0 Å². The van der Waals surface area contributed by atoms with Crippen molar-refractivity contribution in [3.05, 3.63) is 0 Å². The Morgan fingerprint density at radius 1 is 1.50 bits per heavy atom. The second-order valence-electron chi connectivity index (χ2n) is 3.21. The van der Waals surface area contributed by atoms with Gasteiger partial charge in [-0.1, -0.05) is 31.4 Å². The molecule has 0 fully saturated rings. The molecule has 58 valence electrons. The summed E-state index contributed by atoms with van der Waals surface area (Å²) in [5.41, 5.74) is 0. The van der Waals surface area contributed by atoms with Gasteiger partial charge in [-0.15, -0.1) is 11.2 Å². The van der Waals surface area contributed by atoms with Crippen LogP contribution in [-0.2, 0) is 0 Å². The first kappa shape index (κ1) is 8.68. The van der Waals surface area contributed by atoms with Crippen LogP contribution in [0.25, 0.3) is 0 Å². The molecule has 1 aliphatic heterocycles. The molecule has 0 aromatic heterocycles. The van der Waals surface area contributed by atoms with Crippen molar-refractivity contribution in [3.63, 3.8) is 0 Å². The molecule has 0 radical (unpaired) electrons. The summed E-state index contributed by atoms with van der Waals surface area (Å²) in [6.07, 6.45) is 0. The Morgan fingerprint density at radius 2 is 2.20 bits per heavy atom. The number of nitrogens with zero attached hydrogens (tertiary/aromatic N) is 1. The third-order valence-corrected chi connectivity index (χ3v) is 6.09. The highest BCUT2D eigenvalue weighted by Gasteiger charge is 2.19. The Balaban J connectivity index is 2.38. The lowest BCUT2D eigenvalue weighted by Crippen LogP contribution is -2.15. The fourth-order valence-electron chi connectivity index (χ4n) is 0.639. The molecule has 0 atom stereocenters. The van der Waals surface area contributed by atoms with Gasteiger partial charge in [-0.2, -0.15) is 0 Å². The van der Waals surface area contributed by atoms with E-state index in [0.29, 0.717) is 0 Å². The van der Waals surface area contributed by atoms with E-state index in [1.807, 2.05) is 23.0 Å². The Morgan fingerprint density at radius 3 is 2.60 bits per heavy atom. The van der Waals surface area contributed by atoms with Crippen LogP contribution >= 0.6 is 23.0 Å². The van der Waals surface area contributed by atoms with E-state index in [1.165, 1.54) is 10.1 Å². The van der Waals surface area contributed by atoms with Gasteiger partial charge < -0.3 is 0 Å². The summed E-state index contributed by atoms with van der Waals surface area (Å²) in [6, 6.07) is 0. The molecule has 0 aromatic rings. The lowest BCUT2D eigenvalue weighted by Gasteiger charge is -2.13. The quantitative estimate of drug-likeness (QED) is 0.591. The van der Waals surface area contributed by atoms with Crippen molar-refractivity contribution in [1.82, 2.24) is 0 Å². The van der Waals surface area contributed by atoms with Crippen molar-refractivity contribution in [2.24, 2.45) is 4.99 Å². The van der Waals surface area contributed by atoms with Gasteiger partial charge in [-0.25, -0.2) is 0 Å². The molecule has 0 saturated heterocycles. The monoisotopic (exact) mass is 191 g/mol. The van der Waals surface area contributed by atoms with Crippen LogP contribution in [0, 0.1) is 0 Å². The van der Waals surface area contributed by atoms with Gasteiger partial charge in [0.05, 0.1) is 6.54 Å². The maximum absolute atomic E-state index is 4.40. The van der Waals surface area contributed by atoms with Crippen LogP contribution in [0.15, 0.2) is 4.99 Å². The molecule has 0 spiro atoms. The van der Waals surface area contributed by atoms with Gasteiger partial charge >= 0.3 is 0 Å². The van der Waals surface area contributed by atoms with E-state index in [-0.39, 0.29) is 0 Å². The van der Waals surface area contributed by atoms with E-state index in [4.69, 9.17) is 0 Å². The first-order valence-electron chi connectivity index (χ1n) is 3.44. The van der Waals surface area contributed by atoms with E-state index in [2.05, 4.69) is 24.6 Å². The predicted octanol–water partition coefficient (Wildman–Crippen LogP) is 2.66. The van der Waals surface area contributed by atoms with Crippen LogP contribution in [0.3, 0.4) is 0 Å². The van der Waals surface area contributed by atoms with Crippen LogP contribution in [0.5, 0.6) is 0 Å². The van der Waals surface area contributed by atoms with Gasteiger partial charge in [0.1, 0.15) is 11.6 Å². The van der Waals surface area contributed by atoms with E-state index < -0.39 is 7.22 Å². The zero-order valence-corrected chi connectivity index (χ0v) is 9.31. The van der Waals surface area contributed by atoms with Crippen LogP contribution in [-0.4, -0.2) is 23.9 Å². The van der Waals surface area contributed by atoms with Crippen LogP contribution in [0.1, 0.15) is 0 Å². The minimum atomic E-state index is -0.957. The minimum Gasteiger partial charge on any atom is -0.271 e. The SMILES string of the molecule is C[Si](C)(C)SC1=NCCS1. The Kier molecular flexibility index (Phi) is 2.88. The average molecular weight is 191 g/mol. The highest BCUT2D eigenvalue weighted by atomic mass is 32.4. The van der Waals surface area contributed by atoms with Gasteiger partial charge in [0.2, 0.25) is 0 Å². The number of aliphatic imine (C=N–C) groups is 1. The largest absolute Gasteiger partial charge is 0.271 e. The molecule has 0 amide bonds.